The quantitative estimate of drug-likeness (QED) is 0.699. The molecule has 4 rings (SSSR count). The molecule has 2 atom stereocenters. The highest BCUT2D eigenvalue weighted by Gasteiger charge is 2.30. The van der Waals surface area contributed by atoms with Crippen LogP contribution in [0, 0.1) is 12.7 Å². The van der Waals surface area contributed by atoms with E-state index in [0.717, 1.165) is 36.2 Å². The molecular weight excluding hydrogens is 369 g/mol. The molecule has 1 aromatic heterocycles. The molecule has 2 unspecified atom stereocenters. The van der Waals surface area contributed by atoms with Crippen molar-refractivity contribution in [3.8, 4) is 11.4 Å². The van der Waals surface area contributed by atoms with Crippen LogP contribution in [0.3, 0.4) is 0 Å². The van der Waals surface area contributed by atoms with E-state index in [-0.39, 0.29) is 23.7 Å². The summed E-state index contributed by atoms with van der Waals surface area (Å²) in [6.45, 7) is 1.92. The molecule has 1 saturated carbocycles. The van der Waals surface area contributed by atoms with Gasteiger partial charge in [0.2, 0.25) is 0 Å². The molecule has 0 radical (unpaired) electrons. The molecule has 3 aromatic rings. The molecule has 29 heavy (non-hydrogen) atoms. The molecule has 1 aliphatic rings. The number of nitrogens with one attached hydrogen (secondary N) is 1. The minimum absolute atomic E-state index is 0.0370. The van der Waals surface area contributed by atoms with Crippen LogP contribution in [0.25, 0.3) is 5.69 Å². The molecule has 0 bridgehead atoms. The van der Waals surface area contributed by atoms with Crippen LogP contribution in [0.5, 0.6) is 5.75 Å². The molecule has 5 nitrogen and oxygen atoms in total. The normalized spacial score (nSPS) is 18.6. The lowest BCUT2D eigenvalue weighted by Crippen LogP contribution is -2.36. The van der Waals surface area contributed by atoms with Crippen LogP contribution in [0.2, 0.25) is 0 Å². The van der Waals surface area contributed by atoms with Crippen molar-refractivity contribution in [2.24, 2.45) is 0 Å². The lowest BCUT2D eigenvalue weighted by Gasteiger charge is -2.22. The van der Waals surface area contributed by atoms with E-state index in [2.05, 4.69) is 10.3 Å². The summed E-state index contributed by atoms with van der Waals surface area (Å²) in [6.07, 6.45) is 6.56. The Kier molecular flexibility index (Phi) is 5.34. The number of hydrogen-bond donors (Lipinski definition) is 1. The number of aryl methyl sites for hydroxylation is 1. The van der Waals surface area contributed by atoms with Gasteiger partial charge in [-0.25, -0.2) is 9.37 Å². The fraction of sp³-hybridized carbons (Fsp3) is 0.304. The highest BCUT2D eigenvalue weighted by Crippen LogP contribution is 2.35. The number of carbonyl (C=O) groups excluding carboxylic acids is 1. The van der Waals surface area contributed by atoms with Crippen LogP contribution in [0.1, 0.15) is 46.8 Å². The predicted molar refractivity (Wildman–Crippen MR) is 109 cm³/mol. The third-order valence-electron chi connectivity index (χ3n) is 5.56. The molecule has 1 fully saturated rings. The van der Waals surface area contributed by atoms with Crippen LogP contribution < -0.4 is 10.1 Å². The maximum absolute atomic E-state index is 13.2. The number of benzene rings is 2. The Morgan fingerprint density at radius 2 is 2.00 bits per heavy atom. The van der Waals surface area contributed by atoms with Gasteiger partial charge >= 0.3 is 0 Å². The van der Waals surface area contributed by atoms with E-state index < -0.39 is 0 Å². The van der Waals surface area contributed by atoms with Gasteiger partial charge in [-0.15, -0.1) is 0 Å². The summed E-state index contributed by atoms with van der Waals surface area (Å²) in [5.74, 6) is 0.439. The van der Waals surface area contributed by atoms with Crippen LogP contribution in [-0.4, -0.2) is 28.6 Å². The number of halogens is 1. The largest absolute Gasteiger partial charge is 0.495 e. The predicted octanol–water partition coefficient (Wildman–Crippen LogP) is 4.39. The van der Waals surface area contributed by atoms with E-state index in [9.17, 15) is 9.18 Å². The van der Waals surface area contributed by atoms with Gasteiger partial charge in [0.1, 0.15) is 11.6 Å². The van der Waals surface area contributed by atoms with E-state index in [4.69, 9.17) is 4.74 Å². The molecule has 6 heteroatoms. The van der Waals surface area contributed by atoms with E-state index in [1.807, 2.05) is 35.9 Å². The maximum atomic E-state index is 13.2. The summed E-state index contributed by atoms with van der Waals surface area (Å²) in [4.78, 5) is 17.1. The number of imidazole rings is 1. The second kappa shape index (κ2) is 8.07. The maximum Gasteiger partial charge on any atom is 0.251 e. The number of methoxy groups -OCH3 is 1. The summed E-state index contributed by atoms with van der Waals surface area (Å²) in [6, 6.07) is 12.0. The van der Waals surface area contributed by atoms with Crippen LogP contribution in [0.15, 0.2) is 55.0 Å². The number of carbonyl (C=O) groups is 1. The summed E-state index contributed by atoms with van der Waals surface area (Å²) < 4.78 is 20.6. The molecule has 150 valence electrons. The number of aromatic nitrogens is 2. The fourth-order valence-electron chi connectivity index (χ4n) is 4.08. The highest BCUT2D eigenvalue weighted by molar-refractivity contribution is 5.95. The molecule has 1 aliphatic carbocycles. The van der Waals surface area contributed by atoms with Crippen molar-refractivity contribution in [3.63, 3.8) is 0 Å². The monoisotopic (exact) mass is 393 g/mol. The Hall–Kier alpha value is -3.15. The smallest absolute Gasteiger partial charge is 0.251 e. The summed E-state index contributed by atoms with van der Waals surface area (Å²) in [7, 11) is 1.59. The zero-order valence-corrected chi connectivity index (χ0v) is 16.6. The second-order valence-electron chi connectivity index (χ2n) is 7.48. The van der Waals surface area contributed by atoms with Crippen molar-refractivity contribution in [1.82, 2.24) is 14.9 Å². The molecule has 1 heterocycles. The Bertz CT molecular complexity index is 1010. The van der Waals surface area contributed by atoms with Crippen LogP contribution >= 0.6 is 0 Å². The molecule has 0 aliphatic heterocycles. The van der Waals surface area contributed by atoms with Crippen molar-refractivity contribution in [3.05, 3.63) is 77.6 Å². The molecule has 0 spiro atoms. The van der Waals surface area contributed by atoms with E-state index in [1.54, 1.807) is 25.6 Å². The zero-order valence-electron chi connectivity index (χ0n) is 16.6. The lowest BCUT2D eigenvalue weighted by atomic mass is 9.94. The molecule has 1 N–H and O–H groups in total. The summed E-state index contributed by atoms with van der Waals surface area (Å²) >= 11 is 0. The average molecular weight is 393 g/mol. The molecule has 2 aromatic carbocycles. The van der Waals surface area contributed by atoms with Crippen molar-refractivity contribution in [1.29, 1.82) is 0 Å². The van der Waals surface area contributed by atoms with E-state index >= 15 is 0 Å². The van der Waals surface area contributed by atoms with Crippen molar-refractivity contribution >= 4 is 5.91 Å². The Morgan fingerprint density at radius 1 is 1.21 bits per heavy atom. The zero-order chi connectivity index (χ0) is 20.4. The van der Waals surface area contributed by atoms with Crippen LogP contribution in [0.4, 0.5) is 4.39 Å². The highest BCUT2D eigenvalue weighted by atomic mass is 19.1. The molecular formula is C23H24FN3O2. The van der Waals surface area contributed by atoms with Gasteiger partial charge in [-0.1, -0.05) is 18.6 Å². The van der Waals surface area contributed by atoms with Gasteiger partial charge in [0.25, 0.3) is 5.91 Å². The number of rotatable bonds is 5. The number of amides is 1. The fourth-order valence-corrected chi connectivity index (χ4v) is 4.08. The van der Waals surface area contributed by atoms with Crippen molar-refractivity contribution in [2.45, 2.75) is 38.1 Å². The summed E-state index contributed by atoms with van der Waals surface area (Å²) in [5.41, 5.74) is 3.35. The Morgan fingerprint density at radius 3 is 2.69 bits per heavy atom. The first kappa shape index (κ1) is 19.2. The van der Waals surface area contributed by atoms with E-state index in [0.29, 0.717) is 11.3 Å². The van der Waals surface area contributed by atoms with Gasteiger partial charge in [0.15, 0.2) is 0 Å². The van der Waals surface area contributed by atoms with Gasteiger partial charge in [0, 0.05) is 23.7 Å². The Balaban J connectivity index is 1.52. The lowest BCUT2D eigenvalue weighted by molar-refractivity contribution is 0.0934. The molecule has 0 saturated heterocycles. The first-order valence-electron chi connectivity index (χ1n) is 9.80. The third-order valence-corrected chi connectivity index (χ3v) is 5.56. The van der Waals surface area contributed by atoms with Crippen LogP contribution in [-0.2, 0) is 0 Å². The van der Waals surface area contributed by atoms with Gasteiger partial charge in [-0.05, 0) is 55.7 Å². The van der Waals surface area contributed by atoms with Gasteiger partial charge in [-0.3, -0.25) is 4.79 Å². The number of hydrogen-bond acceptors (Lipinski definition) is 3. The van der Waals surface area contributed by atoms with E-state index in [1.165, 1.54) is 12.1 Å². The first-order chi connectivity index (χ1) is 14.0. The average Bonchev–Trinajstić information content (AvgIpc) is 3.37. The van der Waals surface area contributed by atoms with Gasteiger partial charge in [0.05, 0.1) is 24.8 Å². The van der Waals surface area contributed by atoms with Crippen molar-refractivity contribution in [2.75, 3.05) is 7.11 Å². The standard InChI is InChI=1S/C23H24FN3O2/c1-15-13-27(14-25-15)21-11-8-17(12-22(21)29-2)23(28)26-20-5-3-4-19(20)16-6-9-18(24)10-7-16/h6-14,19-20H,3-5H2,1-2H3,(H,26,28). The van der Waals surface area contributed by atoms with Crippen molar-refractivity contribution < 1.29 is 13.9 Å². The number of ether oxygens (including phenoxy) is 1. The van der Waals surface area contributed by atoms with Gasteiger partial charge < -0.3 is 14.6 Å². The SMILES string of the molecule is COc1cc(C(=O)NC2CCCC2c2ccc(F)cc2)ccc1-n1cnc(C)c1. The topological polar surface area (TPSA) is 56.1 Å². The minimum Gasteiger partial charge on any atom is -0.495 e. The minimum atomic E-state index is -0.243. The Labute approximate surface area is 169 Å². The third kappa shape index (κ3) is 4.01. The summed E-state index contributed by atoms with van der Waals surface area (Å²) in [5, 5.41) is 3.17. The van der Waals surface area contributed by atoms with Gasteiger partial charge in [-0.2, -0.15) is 0 Å². The number of nitrogens with zero attached hydrogens (tertiary/aromatic N) is 2. The molecule has 1 amide bonds. The second-order valence-corrected chi connectivity index (χ2v) is 7.48. The first-order valence-corrected chi connectivity index (χ1v) is 9.80.